The summed E-state index contributed by atoms with van der Waals surface area (Å²) in [6.07, 6.45) is -1.62. The van der Waals surface area contributed by atoms with Crippen molar-refractivity contribution in [3.05, 3.63) is 0 Å². The molecule has 0 aliphatic carbocycles. The van der Waals surface area contributed by atoms with Gasteiger partial charge in [-0.15, -0.1) is 0 Å². The molecule has 0 aromatic rings. The zero-order valence-corrected chi connectivity index (χ0v) is 11.8. The molecule has 10 heteroatoms. The Morgan fingerprint density at radius 1 is 1.27 bits per heavy atom. The van der Waals surface area contributed by atoms with Crippen LogP contribution in [0.25, 0.3) is 0 Å². The fourth-order valence-electron chi connectivity index (χ4n) is 2.25. The molecule has 1 rings (SSSR count). The van der Waals surface area contributed by atoms with Gasteiger partial charge in [-0.25, -0.2) is 4.79 Å². The zero-order valence-electron chi connectivity index (χ0n) is 11.8. The van der Waals surface area contributed by atoms with E-state index in [9.17, 15) is 24.3 Å². The summed E-state index contributed by atoms with van der Waals surface area (Å²) in [7, 11) is 0. The molecule has 0 radical (unpaired) electrons. The summed E-state index contributed by atoms with van der Waals surface area (Å²) in [4.78, 5) is 46.4. The van der Waals surface area contributed by atoms with Gasteiger partial charge in [0.2, 0.25) is 11.8 Å². The second-order valence-corrected chi connectivity index (χ2v) is 4.99. The smallest absolute Gasteiger partial charge is 0.326 e. The molecule has 0 aromatic heterocycles. The Balaban J connectivity index is 2.73. The van der Waals surface area contributed by atoms with Gasteiger partial charge in [-0.05, 0) is 6.42 Å². The van der Waals surface area contributed by atoms with Crippen LogP contribution in [0.5, 0.6) is 0 Å². The first-order chi connectivity index (χ1) is 10.3. The highest BCUT2D eigenvalue weighted by Crippen LogP contribution is 2.18. The minimum Gasteiger partial charge on any atom is -0.481 e. The molecule has 1 saturated heterocycles. The van der Waals surface area contributed by atoms with E-state index in [-0.39, 0.29) is 25.9 Å². The van der Waals surface area contributed by atoms with Crippen LogP contribution >= 0.6 is 0 Å². The molecule has 0 saturated carbocycles. The van der Waals surface area contributed by atoms with Crippen LogP contribution in [0.3, 0.4) is 0 Å². The third kappa shape index (κ3) is 4.67. The molecular formula is C12H19N3O7. The number of aliphatic hydroxyl groups is 1. The van der Waals surface area contributed by atoms with Crippen molar-refractivity contribution < 1.29 is 34.5 Å². The third-order valence-corrected chi connectivity index (χ3v) is 3.34. The number of carbonyl (C=O) groups is 4. The fourth-order valence-corrected chi connectivity index (χ4v) is 2.25. The lowest BCUT2D eigenvalue weighted by Crippen LogP contribution is -2.51. The SMILES string of the molecule is NCC(=O)N1CC(O)CC1C(=O)NC(CCC(=O)O)C(=O)O. The molecule has 1 fully saturated rings. The van der Waals surface area contributed by atoms with Gasteiger partial charge in [-0.1, -0.05) is 0 Å². The van der Waals surface area contributed by atoms with Gasteiger partial charge in [-0.3, -0.25) is 14.4 Å². The number of carbonyl (C=O) groups excluding carboxylic acids is 2. The fraction of sp³-hybridized carbons (Fsp3) is 0.667. The van der Waals surface area contributed by atoms with Gasteiger partial charge in [0.25, 0.3) is 0 Å². The summed E-state index contributed by atoms with van der Waals surface area (Å²) in [5.41, 5.74) is 5.23. The molecule has 1 heterocycles. The van der Waals surface area contributed by atoms with Crippen molar-refractivity contribution in [1.29, 1.82) is 0 Å². The number of carboxylic acids is 2. The summed E-state index contributed by atoms with van der Waals surface area (Å²) in [5.74, 6) is -3.84. The Bertz CT molecular complexity index is 468. The molecule has 1 aliphatic rings. The van der Waals surface area contributed by atoms with Crippen molar-refractivity contribution in [2.45, 2.75) is 37.5 Å². The van der Waals surface area contributed by atoms with Gasteiger partial charge in [0.05, 0.1) is 12.6 Å². The zero-order chi connectivity index (χ0) is 16.9. The average Bonchev–Trinajstić information content (AvgIpc) is 2.83. The van der Waals surface area contributed by atoms with Crippen LogP contribution in [0.15, 0.2) is 0 Å². The normalized spacial score (nSPS) is 22.2. The van der Waals surface area contributed by atoms with E-state index < -0.39 is 48.4 Å². The quantitative estimate of drug-likeness (QED) is 0.338. The van der Waals surface area contributed by atoms with E-state index in [1.807, 2.05) is 0 Å². The molecule has 1 aliphatic heterocycles. The number of rotatable bonds is 7. The van der Waals surface area contributed by atoms with Crippen molar-refractivity contribution in [2.75, 3.05) is 13.1 Å². The summed E-state index contributed by atoms with van der Waals surface area (Å²) >= 11 is 0. The van der Waals surface area contributed by atoms with Crippen LogP contribution < -0.4 is 11.1 Å². The minimum atomic E-state index is -1.38. The molecule has 3 atom stereocenters. The van der Waals surface area contributed by atoms with Crippen LogP contribution in [0.2, 0.25) is 0 Å². The van der Waals surface area contributed by atoms with Gasteiger partial charge >= 0.3 is 11.9 Å². The number of β-amino-alcohol motifs (C(OH)–C–C–N with tert-alkyl or cyclic N) is 1. The lowest BCUT2D eigenvalue weighted by Gasteiger charge is -2.24. The Morgan fingerprint density at radius 2 is 1.91 bits per heavy atom. The highest BCUT2D eigenvalue weighted by Gasteiger charge is 2.39. The molecule has 2 amide bonds. The highest BCUT2D eigenvalue weighted by atomic mass is 16.4. The van der Waals surface area contributed by atoms with Crippen LogP contribution in [0, 0.1) is 0 Å². The number of aliphatic carboxylic acids is 2. The monoisotopic (exact) mass is 317 g/mol. The van der Waals surface area contributed by atoms with Gasteiger partial charge in [0, 0.05) is 19.4 Å². The molecule has 10 nitrogen and oxygen atoms in total. The minimum absolute atomic E-state index is 0.0250. The predicted octanol–water partition coefficient (Wildman–Crippen LogP) is -2.66. The molecule has 0 bridgehead atoms. The lowest BCUT2D eigenvalue weighted by molar-refractivity contribution is -0.144. The Kier molecular flexibility index (Phi) is 6.25. The van der Waals surface area contributed by atoms with E-state index in [2.05, 4.69) is 5.32 Å². The second-order valence-electron chi connectivity index (χ2n) is 4.99. The molecule has 6 N–H and O–H groups in total. The largest absolute Gasteiger partial charge is 0.481 e. The van der Waals surface area contributed by atoms with Gasteiger partial charge in [0.1, 0.15) is 12.1 Å². The van der Waals surface area contributed by atoms with Crippen molar-refractivity contribution >= 4 is 23.8 Å². The summed E-state index contributed by atoms with van der Waals surface area (Å²) in [5, 5.41) is 29.3. The van der Waals surface area contributed by atoms with Crippen LogP contribution in [-0.4, -0.2) is 75.2 Å². The molecule has 0 spiro atoms. The molecular weight excluding hydrogens is 298 g/mol. The van der Waals surface area contributed by atoms with E-state index in [4.69, 9.17) is 15.9 Å². The lowest BCUT2D eigenvalue weighted by atomic mass is 10.1. The number of likely N-dealkylation sites (tertiary alicyclic amines) is 1. The van der Waals surface area contributed by atoms with E-state index in [0.29, 0.717) is 0 Å². The topological polar surface area (TPSA) is 170 Å². The molecule has 3 unspecified atom stereocenters. The summed E-state index contributed by atoms with van der Waals surface area (Å²) < 4.78 is 0. The Hall–Kier alpha value is -2.20. The van der Waals surface area contributed by atoms with Crippen LogP contribution in [0.1, 0.15) is 19.3 Å². The summed E-state index contributed by atoms with van der Waals surface area (Å²) in [6.45, 7) is -0.390. The molecule has 0 aromatic carbocycles. The maximum absolute atomic E-state index is 12.1. The van der Waals surface area contributed by atoms with Crippen LogP contribution in [-0.2, 0) is 19.2 Å². The molecule has 124 valence electrons. The van der Waals surface area contributed by atoms with Gasteiger partial charge < -0.3 is 31.3 Å². The van der Waals surface area contributed by atoms with E-state index >= 15 is 0 Å². The van der Waals surface area contributed by atoms with Crippen molar-refractivity contribution in [3.63, 3.8) is 0 Å². The third-order valence-electron chi connectivity index (χ3n) is 3.34. The van der Waals surface area contributed by atoms with Crippen molar-refractivity contribution in [1.82, 2.24) is 10.2 Å². The average molecular weight is 317 g/mol. The standard InChI is InChI=1S/C12H19N3O7/c13-4-9(17)15-5-6(16)3-8(15)11(20)14-7(12(21)22)1-2-10(18)19/h6-8,16H,1-5,13H2,(H,14,20)(H,18,19)(H,21,22). The van der Waals surface area contributed by atoms with Gasteiger partial charge in [-0.2, -0.15) is 0 Å². The van der Waals surface area contributed by atoms with Crippen molar-refractivity contribution in [3.8, 4) is 0 Å². The van der Waals surface area contributed by atoms with Crippen LogP contribution in [0.4, 0.5) is 0 Å². The number of nitrogens with two attached hydrogens (primary N) is 1. The summed E-state index contributed by atoms with van der Waals surface area (Å²) in [6, 6.07) is -2.39. The highest BCUT2D eigenvalue weighted by molar-refractivity contribution is 5.91. The number of hydrogen-bond donors (Lipinski definition) is 5. The Morgan fingerprint density at radius 3 is 2.41 bits per heavy atom. The molecule has 22 heavy (non-hydrogen) atoms. The number of carboxylic acid groups (broad SMARTS) is 2. The first-order valence-corrected chi connectivity index (χ1v) is 6.68. The van der Waals surface area contributed by atoms with E-state index in [1.165, 1.54) is 0 Å². The van der Waals surface area contributed by atoms with Crippen molar-refractivity contribution in [2.24, 2.45) is 5.73 Å². The maximum atomic E-state index is 12.1. The van der Waals surface area contributed by atoms with E-state index in [0.717, 1.165) is 4.90 Å². The first kappa shape index (κ1) is 17.9. The maximum Gasteiger partial charge on any atom is 0.326 e. The van der Waals surface area contributed by atoms with Gasteiger partial charge in [0.15, 0.2) is 0 Å². The number of hydrogen-bond acceptors (Lipinski definition) is 6. The number of nitrogens with one attached hydrogen (secondary N) is 1. The predicted molar refractivity (Wildman–Crippen MR) is 71.6 cm³/mol. The number of amides is 2. The number of aliphatic hydroxyl groups excluding tert-OH is 1. The first-order valence-electron chi connectivity index (χ1n) is 6.68. The number of nitrogens with zero attached hydrogens (tertiary/aromatic N) is 1. The second kappa shape index (κ2) is 7.71. The van der Waals surface area contributed by atoms with E-state index in [1.54, 1.807) is 0 Å². The Labute approximate surface area is 125 Å².